The van der Waals surface area contributed by atoms with Crippen molar-refractivity contribution in [1.82, 2.24) is 0 Å². The van der Waals surface area contributed by atoms with E-state index in [-0.39, 0.29) is 22.9 Å². The smallest absolute Gasteiger partial charge is 0.166 e. The number of aryl methyl sites for hydroxylation is 1. The van der Waals surface area contributed by atoms with Crippen molar-refractivity contribution in [2.45, 2.75) is 13.8 Å². The Bertz CT molecular complexity index is 636. The number of hydrogen-bond donors (Lipinski definition) is 0. The first-order valence-electron chi connectivity index (χ1n) is 5.72. The van der Waals surface area contributed by atoms with Crippen molar-refractivity contribution in [3.05, 3.63) is 59.2 Å². The van der Waals surface area contributed by atoms with Crippen LogP contribution in [0, 0.1) is 18.6 Å². The Balaban J connectivity index is 2.28. The summed E-state index contributed by atoms with van der Waals surface area (Å²) in [5.41, 5.74) is 0.693. The normalized spacial score (nSPS) is 10.3. The molecule has 2 rings (SSSR count). The lowest BCUT2D eigenvalue weighted by atomic mass is 10.1. The molecule has 0 saturated heterocycles. The van der Waals surface area contributed by atoms with E-state index in [1.165, 1.54) is 37.3 Å². The maximum atomic E-state index is 13.7. The second kappa shape index (κ2) is 5.18. The largest absolute Gasteiger partial charge is 0.454 e. The van der Waals surface area contributed by atoms with Gasteiger partial charge in [-0.15, -0.1) is 0 Å². The summed E-state index contributed by atoms with van der Waals surface area (Å²) in [5.74, 6) is -0.859. The minimum atomic E-state index is -0.630. The van der Waals surface area contributed by atoms with Gasteiger partial charge >= 0.3 is 0 Å². The lowest BCUT2D eigenvalue weighted by Gasteiger charge is -2.08. The van der Waals surface area contributed by atoms with Crippen LogP contribution < -0.4 is 4.74 Å². The van der Waals surface area contributed by atoms with Crippen LogP contribution in [0.1, 0.15) is 22.8 Å². The molecule has 19 heavy (non-hydrogen) atoms. The summed E-state index contributed by atoms with van der Waals surface area (Å²) in [7, 11) is 0. The first-order valence-corrected chi connectivity index (χ1v) is 5.72. The van der Waals surface area contributed by atoms with Gasteiger partial charge in [0.15, 0.2) is 17.3 Å². The Labute approximate surface area is 109 Å². The number of ether oxygens (including phenoxy) is 1. The molecule has 4 heteroatoms. The third-order valence-corrected chi connectivity index (χ3v) is 2.70. The van der Waals surface area contributed by atoms with E-state index < -0.39 is 5.82 Å². The molecule has 0 heterocycles. The predicted molar refractivity (Wildman–Crippen MR) is 67.6 cm³/mol. The van der Waals surface area contributed by atoms with Gasteiger partial charge < -0.3 is 4.74 Å². The number of hydrogen-bond acceptors (Lipinski definition) is 2. The minimum absolute atomic E-state index is 0.00370. The molecule has 2 aromatic rings. The minimum Gasteiger partial charge on any atom is -0.454 e. The van der Waals surface area contributed by atoms with Gasteiger partial charge in [-0.2, -0.15) is 0 Å². The average Bonchev–Trinajstić information content (AvgIpc) is 2.36. The van der Waals surface area contributed by atoms with E-state index in [1.807, 2.05) is 0 Å². The Morgan fingerprint density at radius 2 is 1.79 bits per heavy atom. The first kappa shape index (κ1) is 13.2. The number of carbonyl (C=O) groups is 1. The van der Waals surface area contributed by atoms with Gasteiger partial charge in [-0.25, -0.2) is 8.78 Å². The summed E-state index contributed by atoms with van der Waals surface area (Å²) < 4.78 is 32.1. The van der Waals surface area contributed by atoms with Crippen molar-refractivity contribution < 1.29 is 18.3 Å². The highest BCUT2D eigenvalue weighted by Gasteiger charge is 2.09. The third kappa shape index (κ3) is 2.96. The van der Waals surface area contributed by atoms with Crippen LogP contribution in [-0.2, 0) is 0 Å². The molecule has 0 amide bonds. The molecule has 0 aromatic heterocycles. The number of rotatable bonds is 3. The van der Waals surface area contributed by atoms with Crippen LogP contribution in [0.2, 0.25) is 0 Å². The van der Waals surface area contributed by atoms with Crippen LogP contribution in [0.4, 0.5) is 8.78 Å². The van der Waals surface area contributed by atoms with Crippen LogP contribution in [0.15, 0.2) is 36.4 Å². The Morgan fingerprint density at radius 3 is 2.37 bits per heavy atom. The van der Waals surface area contributed by atoms with Gasteiger partial charge in [0, 0.05) is 5.56 Å². The molecule has 0 N–H and O–H groups in total. The molecule has 0 fully saturated rings. The number of benzene rings is 2. The molecule has 0 saturated carbocycles. The van der Waals surface area contributed by atoms with E-state index in [1.54, 1.807) is 6.92 Å². The van der Waals surface area contributed by atoms with Gasteiger partial charge in [-0.05, 0) is 55.8 Å². The molecule has 0 spiro atoms. The van der Waals surface area contributed by atoms with Crippen molar-refractivity contribution in [3.8, 4) is 11.5 Å². The van der Waals surface area contributed by atoms with E-state index in [9.17, 15) is 13.6 Å². The lowest BCUT2D eigenvalue weighted by Crippen LogP contribution is -1.95. The quantitative estimate of drug-likeness (QED) is 0.772. The highest BCUT2D eigenvalue weighted by Crippen LogP contribution is 2.26. The molecule has 2 nitrogen and oxygen atoms in total. The monoisotopic (exact) mass is 262 g/mol. The van der Waals surface area contributed by atoms with Gasteiger partial charge in [0.25, 0.3) is 0 Å². The molecular formula is C15H12F2O2. The topological polar surface area (TPSA) is 26.3 Å². The average molecular weight is 262 g/mol. The zero-order valence-electron chi connectivity index (χ0n) is 10.5. The highest BCUT2D eigenvalue weighted by atomic mass is 19.1. The van der Waals surface area contributed by atoms with Crippen molar-refractivity contribution in [1.29, 1.82) is 0 Å². The zero-order valence-corrected chi connectivity index (χ0v) is 10.5. The Kier molecular flexibility index (Phi) is 3.60. The van der Waals surface area contributed by atoms with Crippen LogP contribution in [0.25, 0.3) is 0 Å². The number of Topliss-reactive ketones (excluding diaryl/α,β-unsaturated/α-hetero) is 1. The lowest BCUT2D eigenvalue weighted by molar-refractivity contribution is 0.101. The van der Waals surface area contributed by atoms with E-state index in [4.69, 9.17) is 4.74 Å². The van der Waals surface area contributed by atoms with Gasteiger partial charge in [0.1, 0.15) is 11.6 Å². The maximum Gasteiger partial charge on any atom is 0.166 e. The fourth-order valence-corrected chi connectivity index (χ4v) is 1.61. The molecule has 0 radical (unpaired) electrons. The van der Waals surface area contributed by atoms with Crippen LogP contribution in [-0.4, -0.2) is 5.78 Å². The van der Waals surface area contributed by atoms with E-state index >= 15 is 0 Å². The molecule has 2 aromatic carbocycles. The third-order valence-electron chi connectivity index (χ3n) is 2.70. The van der Waals surface area contributed by atoms with Gasteiger partial charge in [0.05, 0.1) is 0 Å². The molecule has 0 aliphatic carbocycles. The highest BCUT2D eigenvalue weighted by molar-refractivity contribution is 5.94. The van der Waals surface area contributed by atoms with Crippen molar-refractivity contribution in [2.24, 2.45) is 0 Å². The van der Waals surface area contributed by atoms with Crippen molar-refractivity contribution in [3.63, 3.8) is 0 Å². The summed E-state index contributed by atoms with van der Waals surface area (Å²) in [6.07, 6.45) is 0. The van der Waals surface area contributed by atoms with E-state index in [0.29, 0.717) is 11.3 Å². The van der Waals surface area contributed by atoms with Crippen LogP contribution in [0.5, 0.6) is 11.5 Å². The number of carbonyl (C=O) groups excluding carboxylic acids is 1. The zero-order chi connectivity index (χ0) is 14.0. The van der Waals surface area contributed by atoms with Crippen molar-refractivity contribution >= 4 is 5.78 Å². The molecule has 0 aliphatic rings. The molecule has 0 atom stereocenters. The van der Waals surface area contributed by atoms with E-state index in [2.05, 4.69) is 0 Å². The standard InChI is InChI=1S/C15H12F2O2/c1-9-7-12(4-5-13(9)16)19-15-6-3-11(10(2)18)8-14(15)17/h3-8H,1-2H3. The Morgan fingerprint density at radius 1 is 1.05 bits per heavy atom. The molecule has 98 valence electrons. The predicted octanol–water partition coefficient (Wildman–Crippen LogP) is 4.27. The fourth-order valence-electron chi connectivity index (χ4n) is 1.61. The Hall–Kier alpha value is -2.23. The summed E-state index contributed by atoms with van der Waals surface area (Å²) >= 11 is 0. The van der Waals surface area contributed by atoms with Gasteiger partial charge in [0.2, 0.25) is 0 Å². The maximum absolute atomic E-state index is 13.7. The fraction of sp³-hybridized carbons (Fsp3) is 0.133. The summed E-state index contributed by atoms with van der Waals surface area (Å²) in [5, 5.41) is 0. The number of halogens is 2. The summed E-state index contributed by atoms with van der Waals surface area (Å²) in [6, 6.07) is 8.14. The molecule has 0 unspecified atom stereocenters. The SMILES string of the molecule is CC(=O)c1ccc(Oc2ccc(F)c(C)c2)c(F)c1. The molecule has 0 aliphatic heterocycles. The van der Waals surface area contributed by atoms with Crippen molar-refractivity contribution in [2.75, 3.05) is 0 Å². The van der Waals surface area contributed by atoms with E-state index in [0.717, 1.165) is 6.07 Å². The summed E-state index contributed by atoms with van der Waals surface area (Å²) in [6.45, 7) is 2.95. The second-order valence-electron chi connectivity index (χ2n) is 4.21. The van der Waals surface area contributed by atoms with Crippen LogP contribution >= 0.6 is 0 Å². The van der Waals surface area contributed by atoms with Gasteiger partial charge in [-0.3, -0.25) is 4.79 Å². The number of ketones is 1. The molecule has 0 bridgehead atoms. The van der Waals surface area contributed by atoms with Crippen LogP contribution in [0.3, 0.4) is 0 Å². The molecular weight excluding hydrogens is 250 g/mol. The first-order chi connectivity index (χ1) is 8.97. The summed E-state index contributed by atoms with van der Waals surface area (Å²) in [4.78, 5) is 11.1. The second-order valence-corrected chi connectivity index (χ2v) is 4.21. The van der Waals surface area contributed by atoms with Gasteiger partial charge in [-0.1, -0.05) is 0 Å².